The van der Waals surface area contributed by atoms with Gasteiger partial charge in [-0.15, -0.1) is 23.5 Å². The molecule has 7 nitrogen and oxygen atoms in total. The molecule has 0 bridgehead atoms. The number of ether oxygens (including phenoxy) is 3. The number of nitrogens with zero attached hydrogens (tertiary/aromatic N) is 1. The van der Waals surface area contributed by atoms with Gasteiger partial charge in [0.05, 0.1) is 24.1 Å². The summed E-state index contributed by atoms with van der Waals surface area (Å²) in [5, 5.41) is 7.43. The van der Waals surface area contributed by atoms with Crippen LogP contribution in [0.5, 0.6) is 0 Å². The first kappa shape index (κ1) is 19.4. The van der Waals surface area contributed by atoms with Crippen LogP contribution in [0.4, 0.5) is 0 Å². The first-order chi connectivity index (χ1) is 11.0. The number of esters is 3. The first-order valence-electron chi connectivity index (χ1n) is 6.98. The molecule has 1 saturated heterocycles. The second-order valence-corrected chi connectivity index (χ2v) is 6.64. The highest BCUT2D eigenvalue weighted by atomic mass is 32.2. The summed E-state index contributed by atoms with van der Waals surface area (Å²) < 4.78 is 15.0. The third-order valence-corrected chi connectivity index (χ3v) is 5.60. The van der Waals surface area contributed by atoms with Gasteiger partial charge in [0.2, 0.25) is 0 Å². The second kappa shape index (κ2) is 9.47. The zero-order valence-corrected chi connectivity index (χ0v) is 14.6. The quantitative estimate of drug-likeness (QED) is 0.303. The van der Waals surface area contributed by atoms with E-state index in [-0.39, 0.29) is 29.6 Å². The molecule has 23 heavy (non-hydrogen) atoms. The molecule has 0 radical (unpaired) electrons. The van der Waals surface area contributed by atoms with Crippen LogP contribution in [-0.2, 0) is 28.6 Å². The molecule has 0 aliphatic carbocycles. The Kier molecular flexibility index (Phi) is 7.98. The molecule has 0 spiro atoms. The zero-order valence-electron chi connectivity index (χ0n) is 13.0. The molecule has 2 atom stereocenters. The van der Waals surface area contributed by atoms with Crippen molar-refractivity contribution in [2.24, 2.45) is 0 Å². The molecule has 1 heterocycles. The van der Waals surface area contributed by atoms with Crippen LogP contribution < -0.4 is 0 Å². The van der Waals surface area contributed by atoms with Crippen molar-refractivity contribution in [1.29, 1.82) is 5.26 Å². The highest BCUT2D eigenvalue weighted by Crippen LogP contribution is 2.49. The maximum Gasteiger partial charge on any atom is 0.350 e. The first-order valence-corrected chi connectivity index (χ1v) is 8.74. The lowest BCUT2D eigenvalue weighted by atomic mass is 10.3. The fourth-order valence-corrected chi connectivity index (χ4v) is 4.60. The highest BCUT2D eigenvalue weighted by Gasteiger charge is 2.45. The molecule has 1 rings (SSSR count). The minimum Gasteiger partial charge on any atom is -0.465 e. The second-order valence-electron chi connectivity index (χ2n) is 4.08. The van der Waals surface area contributed by atoms with Crippen molar-refractivity contribution in [3.63, 3.8) is 0 Å². The van der Waals surface area contributed by atoms with Crippen LogP contribution in [0.3, 0.4) is 0 Å². The molecule has 0 unspecified atom stereocenters. The number of nitriles is 1. The summed E-state index contributed by atoms with van der Waals surface area (Å²) in [6.07, 6.45) is 0. The number of thioether (sulfide) groups is 2. The maximum atomic E-state index is 12.0. The Labute approximate surface area is 142 Å². The maximum absolute atomic E-state index is 12.0. The van der Waals surface area contributed by atoms with E-state index in [9.17, 15) is 19.6 Å². The SMILES string of the molecule is CCOC(=O)C(C#N)=C1S[C@H](C(=O)OCC)[C@@H](C(=O)OCC)S1. The van der Waals surface area contributed by atoms with Gasteiger partial charge in [0.15, 0.2) is 5.57 Å². The summed E-state index contributed by atoms with van der Waals surface area (Å²) in [7, 11) is 0. The lowest BCUT2D eigenvalue weighted by molar-refractivity contribution is -0.148. The lowest BCUT2D eigenvalue weighted by Gasteiger charge is -2.14. The van der Waals surface area contributed by atoms with Crippen molar-refractivity contribution in [3.05, 3.63) is 9.81 Å². The summed E-state index contributed by atoms with van der Waals surface area (Å²) in [4.78, 5) is 35.9. The molecule has 1 aliphatic heterocycles. The van der Waals surface area contributed by atoms with Gasteiger partial charge in [0, 0.05) is 0 Å². The molecule has 0 aromatic heterocycles. The summed E-state index contributed by atoms with van der Waals surface area (Å²) in [6.45, 7) is 5.38. The van der Waals surface area contributed by atoms with E-state index < -0.39 is 28.4 Å². The molecular formula is C14H17NO6S2. The van der Waals surface area contributed by atoms with Crippen molar-refractivity contribution < 1.29 is 28.6 Å². The van der Waals surface area contributed by atoms with Crippen molar-refractivity contribution in [3.8, 4) is 6.07 Å². The van der Waals surface area contributed by atoms with Gasteiger partial charge in [-0.1, -0.05) is 0 Å². The topological polar surface area (TPSA) is 103 Å². The zero-order chi connectivity index (χ0) is 17.4. The van der Waals surface area contributed by atoms with Crippen molar-refractivity contribution in [2.45, 2.75) is 31.3 Å². The van der Waals surface area contributed by atoms with Crippen molar-refractivity contribution >= 4 is 41.4 Å². The number of hydrogen-bond acceptors (Lipinski definition) is 9. The van der Waals surface area contributed by atoms with E-state index in [0.29, 0.717) is 0 Å². The van der Waals surface area contributed by atoms with Crippen LogP contribution in [0.25, 0.3) is 0 Å². The Morgan fingerprint density at radius 3 is 1.74 bits per heavy atom. The molecule has 0 aromatic rings. The molecule has 0 aromatic carbocycles. The van der Waals surface area contributed by atoms with Crippen LogP contribution in [-0.4, -0.2) is 48.2 Å². The lowest BCUT2D eigenvalue weighted by Crippen LogP contribution is -2.34. The average Bonchev–Trinajstić information content (AvgIpc) is 2.94. The van der Waals surface area contributed by atoms with Gasteiger partial charge in [0.25, 0.3) is 0 Å². The smallest absolute Gasteiger partial charge is 0.350 e. The van der Waals surface area contributed by atoms with Gasteiger partial charge >= 0.3 is 17.9 Å². The van der Waals surface area contributed by atoms with E-state index in [1.165, 1.54) is 0 Å². The van der Waals surface area contributed by atoms with E-state index in [0.717, 1.165) is 23.5 Å². The Bertz CT molecular complexity index is 526. The number of carbonyl (C=O) groups excluding carboxylic acids is 3. The molecule has 9 heteroatoms. The van der Waals surface area contributed by atoms with Crippen LogP contribution >= 0.6 is 23.5 Å². The Morgan fingerprint density at radius 2 is 1.39 bits per heavy atom. The number of rotatable bonds is 6. The molecule has 0 amide bonds. The third-order valence-electron chi connectivity index (χ3n) is 2.58. The standard InChI is InChI=1S/C14H17NO6S2/c1-4-19-11(16)8(7-15)14-22-9(12(17)20-5-2)10(23-14)13(18)21-6-3/h9-10H,4-6H2,1-3H3/t9-,10-/m0/s1. The van der Waals surface area contributed by atoms with Gasteiger partial charge in [-0.3, -0.25) is 9.59 Å². The summed E-state index contributed by atoms with van der Waals surface area (Å²) in [5.41, 5.74) is -0.219. The average molecular weight is 359 g/mol. The summed E-state index contributed by atoms with van der Waals surface area (Å²) >= 11 is 1.90. The van der Waals surface area contributed by atoms with E-state index in [1.54, 1.807) is 26.8 Å². The fraction of sp³-hybridized carbons (Fsp3) is 0.571. The molecule has 1 fully saturated rings. The van der Waals surface area contributed by atoms with E-state index in [1.807, 2.05) is 0 Å². The third kappa shape index (κ3) is 4.91. The van der Waals surface area contributed by atoms with Crippen LogP contribution in [0, 0.1) is 11.3 Å². The molecular weight excluding hydrogens is 342 g/mol. The van der Waals surface area contributed by atoms with Crippen LogP contribution in [0.1, 0.15) is 20.8 Å². The molecule has 0 saturated carbocycles. The number of carbonyl (C=O) groups is 3. The molecule has 126 valence electrons. The fourth-order valence-electron chi connectivity index (χ4n) is 1.67. The normalized spacial score (nSPS) is 19.7. The summed E-state index contributed by atoms with van der Waals surface area (Å²) in [5.74, 6) is -1.95. The van der Waals surface area contributed by atoms with Gasteiger partial charge in [-0.2, -0.15) is 5.26 Å². The monoisotopic (exact) mass is 359 g/mol. The van der Waals surface area contributed by atoms with E-state index in [4.69, 9.17) is 14.2 Å². The van der Waals surface area contributed by atoms with Crippen molar-refractivity contribution in [1.82, 2.24) is 0 Å². The minimum atomic E-state index is -0.869. The largest absolute Gasteiger partial charge is 0.465 e. The van der Waals surface area contributed by atoms with Crippen LogP contribution in [0.2, 0.25) is 0 Å². The summed E-state index contributed by atoms with van der Waals surface area (Å²) in [6, 6.07) is 1.77. The van der Waals surface area contributed by atoms with Gasteiger partial charge in [0.1, 0.15) is 16.6 Å². The predicted molar refractivity (Wildman–Crippen MR) is 85.3 cm³/mol. The Balaban J connectivity index is 3.11. The molecule has 1 aliphatic rings. The van der Waals surface area contributed by atoms with E-state index >= 15 is 0 Å². The number of hydrogen-bond donors (Lipinski definition) is 0. The molecule has 0 N–H and O–H groups in total. The van der Waals surface area contributed by atoms with Gasteiger partial charge < -0.3 is 14.2 Å². The minimum absolute atomic E-state index is 0.120. The predicted octanol–water partition coefficient (Wildman–Crippen LogP) is 1.63. The van der Waals surface area contributed by atoms with E-state index in [2.05, 4.69) is 0 Å². The Morgan fingerprint density at radius 1 is 0.957 bits per heavy atom. The van der Waals surface area contributed by atoms with Crippen molar-refractivity contribution in [2.75, 3.05) is 19.8 Å². The van der Waals surface area contributed by atoms with Crippen LogP contribution in [0.15, 0.2) is 9.81 Å². The highest BCUT2D eigenvalue weighted by molar-refractivity contribution is 8.26. The van der Waals surface area contributed by atoms with Gasteiger partial charge in [-0.25, -0.2) is 4.79 Å². The Hall–Kier alpha value is -1.66. The van der Waals surface area contributed by atoms with Gasteiger partial charge in [-0.05, 0) is 20.8 Å².